The SMILES string of the molecule is CCn1cc(OCCC(C)C)cn1. The lowest BCUT2D eigenvalue weighted by Crippen LogP contribution is -2.00. The smallest absolute Gasteiger partial charge is 0.157 e. The number of ether oxygens (including phenoxy) is 1. The fraction of sp³-hybridized carbons (Fsp3) is 0.700. The van der Waals surface area contributed by atoms with Crippen molar-refractivity contribution in [2.75, 3.05) is 6.61 Å². The highest BCUT2D eigenvalue weighted by Crippen LogP contribution is 2.09. The Hall–Kier alpha value is -0.990. The number of aryl methyl sites for hydroxylation is 1. The lowest BCUT2D eigenvalue weighted by Gasteiger charge is -2.04. The molecular formula is C10H18N2O. The zero-order valence-corrected chi connectivity index (χ0v) is 8.66. The van der Waals surface area contributed by atoms with E-state index in [1.165, 1.54) is 0 Å². The third kappa shape index (κ3) is 3.49. The quantitative estimate of drug-likeness (QED) is 0.698. The zero-order valence-electron chi connectivity index (χ0n) is 8.66. The topological polar surface area (TPSA) is 27.1 Å². The molecule has 1 heterocycles. The largest absolute Gasteiger partial charge is 0.490 e. The normalized spacial score (nSPS) is 10.8. The molecule has 0 radical (unpaired) electrons. The van der Waals surface area contributed by atoms with Gasteiger partial charge in [0, 0.05) is 6.54 Å². The van der Waals surface area contributed by atoms with Gasteiger partial charge >= 0.3 is 0 Å². The van der Waals surface area contributed by atoms with Crippen molar-refractivity contribution in [2.24, 2.45) is 5.92 Å². The van der Waals surface area contributed by atoms with E-state index in [1.54, 1.807) is 6.20 Å². The Labute approximate surface area is 79.7 Å². The van der Waals surface area contributed by atoms with Crippen molar-refractivity contribution in [3.63, 3.8) is 0 Å². The predicted octanol–water partition coefficient (Wildman–Crippen LogP) is 2.33. The molecule has 0 atom stereocenters. The summed E-state index contributed by atoms with van der Waals surface area (Å²) in [7, 11) is 0. The van der Waals surface area contributed by atoms with E-state index in [4.69, 9.17) is 4.74 Å². The summed E-state index contributed by atoms with van der Waals surface area (Å²) in [4.78, 5) is 0. The molecule has 0 aliphatic carbocycles. The minimum atomic E-state index is 0.696. The summed E-state index contributed by atoms with van der Waals surface area (Å²) < 4.78 is 7.38. The number of hydrogen-bond acceptors (Lipinski definition) is 2. The van der Waals surface area contributed by atoms with E-state index in [0.29, 0.717) is 5.92 Å². The van der Waals surface area contributed by atoms with Gasteiger partial charge in [-0.15, -0.1) is 0 Å². The second kappa shape index (κ2) is 4.90. The molecular weight excluding hydrogens is 164 g/mol. The van der Waals surface area contributed by atoms with E-state index < -0.39 is 0 Å². The first-order chi connectivity index (χ1) is 6.22. The van der Waals surface area contributed by atoms with Crippen LogP contribution in [0.25, 0.3) is 0 Å². The molecule has 0 aliphatic heterocycles. The van der Waals surface area contributed by atoms with Crippen LogP contribution in [0.1, 0.15) is 27.2 Å². The first-order valence-electron chi connectivity index (χ1n) is 4.87. The van der Waals surface area contributed by atoms with Gasteiger partial charge in [-0.1, -0.05) is 13.8 Å². The van der Waals surface area contributed by atoms with Crippen LogP contribution in [-0.4, -0.2) is 16.4 Å². The van der Waals surface area contributed by atoms with Crippen LogP contribution < -0.4 is 4.74 Å². The molecule has 0 spiro atoms. The molecule has 1 aromatic heterocycles. The second-order valence-corrected chi connectivity index (χ2v) is 3.56. The van der Waals surface area contributed by atoms with E-state index in [2.05, 4.69) is 25.9 Å². The van der Waals surface area contributed by atoms with Gasteiger partial charge in [0.2, 0.25) is 0 Å². The summed E-state index contributed by atoms with van der Waals surface area (Å²) in [5, 5.41) is 4.12. The highest BCUT2D eigenvalue weighted by Gasteiger charge is 1.98. The maximum Gasteiger partial charge on any atom is 0.157 e. The first kappa shape index (κ1) is 10.1. The third-order valence-corrected chi connectivity index (χ3v) is 1.90. The van der Waals surface area contributed by atoms with Gasteiger partial charge in [0.05, 0.1) is 19.0 Å². The van der Waals surface area contributed by atoms with Crippen molar-refractivity contribution >= 4 is 0 Å². The molecule has 3 heteroatoms. The molecule has 0 N–H and O–H groups in total. The maximum atomic E-state index is 5.52. The average molecular weight is 182 g/mol. The van der Waals surface area contributed by atoms with Crippen LogP contribution in [-0.2, 0) is 6.54 Å². The lowest BCUT2D eigenvalue weighted by atomic mass is 10.1. The van der Waals surface area contributed by atoms with E-state index in [9.17, 15) is 0 Å². The van der Waals surface area contributed by atoms with Crippen molar-refractivity contribution < 1.29 is 4.74 Å². The van der Waals surface area contributed by atoms with Gasteiger partial charge in [0.15, 0.2) is 5.75 Å². The first-order valence-corrected chi connectivity index (χ1v) is 4.87. The molecule has 0 aliphatic rings. The minimum Gasteiger partial charge on any atom is -0.490 e. The summed E-state index contributed by atoms with van der Waals surface area (Å²) in [5.74, 6) is 1.57. The van der Waals surface area contributed by atoms with Crippen LogP contribution >= 0.6 is 0 Å². The molecule has 0 fully saturated rings. The van der Waals surface area contributed by atoms with Crippen molar-refractivity contribution in [1.29, 1.82) is 0 Å². The van der Waals surface area contributed by atoms with Crippen LogP contribution in [0.5, 0.6) is 5.75 Å². The van der Waals surface area contributed by atoms with Gasteiger partial charge in [0.1, 0.15) is 0 Å². The van der Waals surface area contributed by atoms with E-state index in [1.807, 2.05) is 10.9 Å². The monoisotopic (exact) mass is 182 g/mol. The van der Waals surface area contributed by atoms with Crippen molar-refractivity contribution in [1.82, 2.24) is 9.78 Å². The number of nitrogens with zero attached hydrogens (tertiary/aromatic N) is 2. The third-order valence-electron chi connectivity index (χ3n) is 1.90. The zero-order chi connectivity index (χ0) is 9.68. The fourth-order valence-electron chi connectivity index (χ4n) is 1.00. The molecule has 0 saturated heterocycles. The molecule has 3 nitrogen and oxygen atoms in total. The Kier molecular flexibility index (Phi) is 3.80. The molecule has 1 aromatic rings. The Bertz CT molecular complexity index is 243. The molecule has 0 unspecified atom stereocenters. The molecule has 0 bridgehead atoms. The van der Waals surface area contributed by atoms with Crippen molar-refractivity contribution in [3.05, 3.63) is 12.4 Å². The summed E-state index contributed by atoms with van der Waals surface area (Å²) >= 11 is 0. The van der Waals surface area contributed by atoms with E-state index in [0.717, 1.165) is 25.3 Å². The van der Waals surface area contributed by atoms with Crippen LogP contribution in [0, 0.1) is 5.92 Å². The average Bonchev–Trinajstić information content (AvgIpc) is 2.52. The predicted molar refractivity (Wildman–Crippen MR) is 52.9 cm³/mol. The van der Waals surface area contributed by atoms with Crippen LogP contribution in [0.4, 0.5) is 0 Å². The van der Waals surface area contributed by atoms with Crippen LogP contribution in [0.15, 0.2) is 12.4 Å². The summed E-state index contributed by atoms with van der Waals surface area (Å²) in [6, 6.07) is 0. The van der Waals surface area contributed by atoms with Gasteiger partial charge in [0.25, 0.3) is 0 Å². The molecule has 13 heavy (non-hydrogen) atoms. The van der Waals surface area contributed by atoms with E-state index >= 15 is 0 Å². The Morgan fingerprint density at radius 3 is 2.85 bits per heavy atom. The van der Waals surface area contributed by atoms with Gasteiger partial charge in [-0.2, -0.15) is 5.10 Å². The number of aromatic nitrogens is 2. The van der Waals surface area contributed by atoms with Crippen LogP contribution in [0.3, 0.4) is 0 Å². The highest BCUT2D eigenvalue weighted by molar-refractivity contribution is 5.11. The molecule has 1 rings (SSSR count). The number of rotatable bonds is 5. The fourth-order valence-corrected chi connectivity index (χ4v) is 1.00. The molecule has 0 saturated carbocycles. The van der Waals surface area contributed by atoms with Crippen molar-refractivity contribution in [2.45, 2.75) is 33.7 Å². The summed E-state index contributed by atoms with van der Waals surface area (Å²) in [5.41, 5.74) is 0. The van der Waals surface area contributed by atoms with E-state index in [-0.39, 0.29) is 0 Å². The standard InChI is InChI=1S/C10H18N2O/c1-4-12-8-10(7-11-12)13-6-5-9(2)3/h7-9H,4-6H2,1-3H3. The Balaban J connectivity index is 2.28. The maximum absolute atomic E-state index is 5.52. The van der Waals surface area contributed by atoms with Gasteiger partial charge in [-0.3, -0.25) is 4.68 Å². The summed E-state index contributed by atoms with van der Waals surface area (Å²) in [6.07, 6.45) is 4.79. The highest BCUT2D eigenvalue weighted by atomic mass is 16.5. The molecule has 74 valence electrons. The van der Waals surface area contributed by atoms with Gasteiger partial charge in [-0.05, 0) is 19.3 Å². The van der Waals surface area contributed by atoms with Gasteiger partial charge < -0.3 is 4.74 Å². The minimum absolute atomic E-state index is 0.696. The molecule has 0 aromatic carbocycles. The lowest BCUT2D eigenvalue weighted by molar-refractivity contribution is 0.289. The molecule has 0 amide bonds. The Morgan fingerprint density at radius 2 is 2.31 bits per heavy atom. The van der Waals surface area contributed by atoms with Crippen LogP contribution in [0.2, 0.25) is 0 Å². The summed E-state index contributed by atoms with van der Waals surface area (Å²) in [6.45, 7) is 8.13. The number of hydrogen-bond donors (Lipinski definition) is 0. The van der Waals surface area contributed by atoms with Crippen molar-refractivity contribution in [3.8, 4) is 5.75 Å². The Morgan fingerprint density at radius 1 is 1.54 bits per heavy atom. The van der Waals surface area contributed by atoms with Gasteiger partial charge in [-0.25, -0.2) is 0 Å². The second-order valence-electron chi connectivity index (χ2n) is 3.56.